The van der Waals surface area contributed by atoms with Crippen LogP contribution < -0.4 is 5.32 Å². The van der Waals surface area contributed by atoms with Crippen molar-refractivity contribution in [2.75, 3.05) is 59.1 Å². The number of aliphatic imine (C=N–C) groups is 1. The fourth-order valence-electron chi connectivity index (χ4n) is 3.98. The second-order valence-electron chi connectivity index (χ2n) is 8.35. The van der Waals surface area contributed by atoms with Crippen molar-refractivity contribution in [2.45, 2.75) is 26.0 Å². The number of rotatable bonds is 7. The van der Waals surface area contributed by atoms with Gasteiger partial charge in [-0.25, -0.2) is 4.99 Å². The number of ether oxygens (including phenoxy) is 2. The molecule has 176 valence electrons. The second kappa shape index (κ2) is 10.9. The average molecular weight is 446 g/mol. The summed E-state index contributed by atoms with van der Waals surface area (Å²) in [5, 5.41) is 16.3. The van der Waals surface area contributed by atoms with E-state index in [0.29, 0.717) is 13.2 Å². The van der Waals surface area contributed by atoms with Crippen LogP contribution in [0.15, 0.2) is 17.4 Å². The molecule has 0 amide bonds. The van der Waals surface area contributed by atoms with Crippen LogP contribution in [-0.2, 0) is 30.1 Å². The molecule has 2 aliphatic rings. The SMILES string of the molecule is Cc1nnc(CN=C(NCCCN2CCOCC2)N2CCOC(c3cnn(C)c3)C2)n1C. The molecule has 4 heterocycles. The van der Waals surface area contributed by atoms with Crippen LogP contribution in [0.2, 0.25) is 0 Å². The maximum atomic E-state index is 6.03. The Hall–Kier alpha value is -2.50. The van der Waals surface area contributed by atoms with Crippen molar-refractivity contribution in [2.24, 2.45) is 19.1 Å². The number of hydrogen-bond acceptors (Lipinski definition) is 7. The molecule has 32 heavy (non-hydrogen) atoms. The van der Waals surface area contributed by atoms with E-state index in [9.17, 15) is 0 Å². The lowest BCUT2D eigenvalue weighted by Crippen LogP contribution is -2.48. The molecule has 0 saturated carbocycles. The molecule has 4 rings (SSSR count). The minimum Gasteiger partial charge on any atom is -0.379 e. The lowest BCUT2D eigenvalue weighted by molar-refractivity contribution is -0.00811. The number of hydrogen-bond donors (Lipinski definition) is 1. The summed E-state index contributed by atoms with van der Waals surface area (Å²) in [7, 11) is 3.90. The van der Waals surface area contributed by atoms with Crippen molar-refractivity contribution in [3.05, 3.63) is 29.6 Å². The van der Waals surface area contributed by atoms with Gasteiger partial charge < -0.3 is 24.3 Å². The zero-order chi connectivity index (χ0) is 22.3. The molecule has 0 bridgehead atoms. The molecule has 2 saturated heterocycles. The molecular formula is C21H35N9O2. The third-order valence-electron chi connectivity index (χ3n) is 6.05. The first-order valence-electron chi connectivity index (χ1n) is 11.4. The Morgan fingerprint density at radius 2 is 2.03 bits per heavy atom. The van der Waals surface area contributed by atoms with E-state index in [-0.39, 0.29) is 6.10 Å². The molecule has 1 N–H and O–H groups in total. The number of nitrogens with zero attached hydrogens (tertiary/aromatic N) is 8. The Labute approximate surface area is 189 Å². The highest BCUT2D eigenvalue weighted by atomic mass is 16.5. The van der Waals surface area contributed by atoms with Crippen LogP contribution in [0.3, 0.4) is 0 Å². The third kappa shape index (κ3) is 5.84. The molecule has 1 atom stereocenters. The van der Waals surface area contributed by atoms with Crippen LogP contribution in [0.4, 0.5) is 0 Å². The molecule has 2 fully saturated rings. The molecule has 11 heteroatoms. The molecule has 0 radical (unpaired) electrons. The van der Waals surface area contributed by atoms with Crippen molar-refractivity contribution < 1.29 is 9.47 Å². The van der Waals surface area contributed by atoms with Crippen LogP contribution in [0.25, 0.3) is 0 Å². The summed E-state index contributed by atoms with van der Waals surface area (Å²) in [5.74, 6) is 2.63. The lowest BCUT2D eigenvalue weighted by atomic mass is 10.1. The number of morpholine rings is 2. The third-order valence-corrected chi connectivity index (χ3v) is 6.05. The zero-order valence-electron chi connectivity index (χ0n) is 19.4. The van der Waals surface area contributed by atoms with Crippen LogP contribution in [0, 0.1) is 6.92 Å². The van der Waals surface area contributed by atoms with Crippen LogP contribution in [0.1, 0.15) is 29.7 Å². The maximum Gasteiger partial charge on any atom is 0.194 e. The molecule has 2 aromatic rings. The molecule has 0 aromatic carbocycles. The molecule has 1 unspecified atom stereocenters. The van der Waals surface area contributed by atoms with Crippen LogP contribution in [0.5, 0.6) is 0 Å². The smallest absolute Gasteiger partial charge is 0.194 e. The Balaban J connectivity index is 1.39. The van der Waals surface area contributed by atoms with Gasteiger partial charge in [-0.05, 0) is 19.9 Å². The summed E-state index contributed by atoms with van der Waals surface area (Å²) in [4.78, 5) is 9.64. The lowest BCUT2D eigenvalue weighted by Gasteiger charge is -2.35. The van der Waals surface area contributed by atoms with Gasteiger partial charge in [0, 0.05) is 52.0 Å². The topological polar surface area (TPSA) is 97.9 Å². The standard InChI is InChI=1S/C21H35N9O2/c1-17-25-26-20(28(17)3)14-23-21(22-5-4-6-29-7-10-31-11-8-29)30-9-12-32-19(16-30)18-13-24-27(2)15-18/h13,15,19H,4-12,14,16H2,1-3H3,(H,22,23). The number of aryl methyl sites for hydroxylation is 2. The van der Waals surface area contributed by atoms with E-state index >= 15 is 0 Å². The van der Waals surface area contributed by atoms with Gasteiger partial charge in [-0.2, -0.15) is 5.10 Å². The monoisotopic (exact) mass is 445 g/mol. The van der Waals surface area contributed by atoms with E-state index in [1.165, 1.54) is 0 Å². The van der Waals surface area contributed by atoms with Crippen molar-refractivity contribution in [1.82, 2.24) is 39.7 Å². The van der Waals surface area contributed by atoms with E-state index < -0.39 is 0 Å². The van der Waals surface area contributed by atoms with E-state index in [1.807, 2.05) is 42.7 Å². The minimum atomic E-state index is -0.0186. The summed E-state index contributed by atoms with van der Waals surface area (Å²) in [6.45, 7) is 10.2. The molecule has 2 aromatic heterocycles. The summed E-state index contributed by atoms with van der Waals surface area (Å²) in [5.41, 5.74) is 1.09. The molecule has 2 aliphatic heterocycles. The predicted octanol–water partition coefficient (Wildman–Crippen LogP) is 0.0984. The average Bonchev–Trinajstić information content (AvgIpc) is 3.39. The van der Waals surface area contributed by atoms with Gasteiger partial charge >= 0.3 is 0 Å². The van der Waals surface area contributed by atoms with Gasteiger partial charge in [0.15, 0.2) is 11.8 Å². The van der Waals surface area contributed by atoms with Gasteiger partial charge in [-0.3, -0.25) is 9.58 Å². The molecule has 0 aliphatic carbocycles. The molecule has 0 spiro atoms. The highest BCUT2D eigenvalue weighted by Gasteiger charge is 2.25. The van der Waals surface area contributed by atoms with Crippen molar-refractivity contribution in [1.29, 1.82) is 0 Å². The van der Waals surface area contributed by atoms with Crippen molar-refractivity contribution in [3.63, 3.8) is 0 Å². The molecular weight excluding hydrogens is 410 g/mol. The van der Waals surface area contributed by atoms with Gasteiger partial charge in [0.2, 0.25) is 0 Å². The fourth-order valence-corrected chi connectivity index (χ4v) is 3.98. The van der Waals surface area contributed by atoms with Gasteiger partial charge in [0.25, 0.3) is 0 Å². The predicted molar refractivity (Wildman–Crippen MR) is 120 cm³/mol. The van der Waals surface area contributed by atoms with Gasteiger partial charge in [0.1, 0.15) is 18.5 Å². The number of guanidine groups is 1. The summed E-state index contributed by atoms with van der Waals surface area (Å²) in [6.07, 6.45) is 4.93. The zero-order valence-corrected chi connectivity index (χ0v) is 19.4. The maximum absolute atomic E-state index is 6.03. The van der Waals surface area contributed by atoms with Gasteiger partial charge in [-0.15, -0.1) is 10.2 Å². The first-order chi connectivity index (χ1) is 15.6. The Morgan fingerprint density at radius 3 is 2.75 bits per heavy atom. The highest BCUT2D eigenvalue weighted by molar-refractivity contribution is 5.80. The van der Waals surface area contributed by atoms with Crippen molar-refractivity contribution >= 4 is 5.96 Å². The van der Waals surface area contributed by atoms with Crippen molar-refractivity contribution in [3.8, 4) is 0 Å². The number of aromatic nitrogens is 5. The fraction of sp³-hybridized carbons (Fsp3) is 0.714. The van der Waals surface area contributed by atoms with Gasteiger partial charge in [0.05, 0.1) is 32.6 Å². The second-order valence-corrected chi connectivity index (χ2v) is 8.35. The van der Waals surface area contributed by atoms with Crippen LogP contribution >= 0.6 is 0 Å². The minimum absolute atomic E-state index is 0.0186. The summed E-state index contributed by atoms with van der Waals surface area (Å²) in [6, 6.07) is 0. The molecule has 11 nitrogen and oxygen atoms in total. The van der Waals surface area contributed by atoms with E-state index in [4.69, 9.17) is 14.5 Å². The highest BCUT2D eigenvalue weighted by Crippen LogP contribution is 2.21. The number of nitrogens with one attached hydrogen (secondary N) is 1. The van der Waals surface area contributed by atoms with E-state index in [2.05, 4.69) is 30.4 Å². The Morgan fingerprint density at radius 1 is 1.19 bits per heavy atom. The van der Waals surface area contributed by atoms with E-state index in [0.717, 1.165) is 82.1 Å². The van der Waals surface area contributed by atoms with Crippen LogP contribution in [-0.4, -0.2) is 99.4 Å². The summed E-state index contributed by atoms with van der Waals surface area (Å²) < 4.78 is 15.3. The normalized spacial score (nSPS) is 20.7. The first-order valence-corrected chi connectivity index (χ1v) is 11.4. The Kier molecular flexibility index (Phi) is 7.72. The van der Waals surface area contributed by atoms with Gasteiger partial charge in [-0.1, -0.05) is 0 Å². The summed E-state index contributed by atoms with van der Waals surface area (Å²) >= 11 is 0. The Bertz CT molecular complexity index is 888. The quantitative estimate of drug-likeness (QED) is 0.364. The van der Waals surface area contributed by atoms with E-state index in [1.54, 1.807) is 0 Å². The largest absolute Gasteiger partial charge is 0.379 e. The first kappa shape index (κ1) is 22.7.